The van der Waals surface area contributed by atoms with Gasteiger partial charge < -0.3 is 15.2 Å². The van der Waals surface area contributed by atoms with Gasteiger partial charge in [0, 0.05) is 19.0 Å². The molecule has 0 saturated carbocycles. The van der Waals surface area contributed by atoms with E-state index in [-0.39, 0.29) is 18.3 Å². The third-order valence-corrected chi connectivity index (χ3v) is 1.96. The van der Waals surface area contributed by atoms with E-state index in [4.69, 9.17) is 0 Å². The van der Waals surface area contributed by atoms with Gasteiger partial charge >= 0.3 is 5.97 Å². The lowest BCUT2D eigenvalue weighted by molar-refractivity contribution is -0.143. The summed E-state index contributed by atoms with van der Waals surface area (Å²) in [6.07, 6.45) is -0.424. The highest BCUT2D eigenvalue weighted by Gasteiger charge is 2.26. The first-order valence-corrected chi connectivity index (χ1v) is 3.69. The van der Waals surface area contributed by atoms with E-state index < -0.39 is 6.10 Å². The topological polar surface area (TPSA) is 58.6 Å². The van der Waals surface area contributed by atoms with Crippen molar-refractivity contribution in [2.45, 2.75) is 12.5 Å². The van der Waals surface area contributed by atoms with Crippen molar-refractivity contribution >= 4 is 5.97 Å². The highest BCUT2D eigenvalue weighted by atomic mass is 16.5. The average Bonchev–Trinajstić information content (AvgIpc) is 1.83. The van der Waals surface area contributed by atoms with Gasteiger partial charge in [-0.2, -0.15) is 0 Å². The van der Waals surface area contributed by atoms with Crippen molar-refractivity contribution in [1.82, 2.24) is 5.32 Å². The second-order valence-corrected chi connectivity index (χ2v) is 2.77. The predicted octanol–water partition coefficient (Wildman–Crippen LogP) is -0.870. The van der Waals surface area contributed by atoms with Crippen LogP contribution in [-0.4, -0.2) is 37.4 Å². The van der Waals surface area contributed by atoms with E-state index in [1.165, 1.54) is 7.11 Å². The van der Waals surface area contributed by atoms with E-state index in [2.05, 4.69) is 10.1 Å². The first kappa shape index (κ1) is 8.49. The Morgan fingerprint density at radius 1 is 1.82 bits per heavy atom. The molecule has 11 heavy (non-hydrogen) atoms. The third-order valence-electron chi connectivity index (χ3n) is 1.96. The number of aliphatic hydroxyl groups excluding tert-OH is 1. The fourth-order valence-corrected chi connectivity index (χ4v) is 1.00. The second kappa shape index (κ2) is 3.69. The first-order valence-electron chi connectivity index (χ1n) is 3.69. The summed E-state index contributed by atoms with van der Waals surface area (Å²) in [7, 11) is 1.33. The van der Waals surface area contributed by atoms with Crippen LogP contribution in [0.25, 0.3) is 0 Å². The van der Waals surface area contributed by atoms with Crippen molar-refractivity contribution in [3.63, 3.8) is 0 Å². The maximum absolute atomic E-state index is 10.7. The van der Waals surface area contributed by atoms with Crippen LogP contribution in [-0.2, 0) is 9.53 Å². The third kappa shape index (κ3) is 2.17. The zero-order valence-electron chi connectivity index (χ0n) is 6.54. The highest BCUT2D eigenvalue weighted by molar-refractivity contribution is 5.69. The lowest BCUT2D eigenvalue weighted by atomic mass is 9.94. The molecule has 4 nitrogen and oxygen atoms in total. The van der Waals surface area contributed by atoms with Crippen LogP contribution >= 0.6 is 0 Å². The summed E-state index contributed by atoms with van der Waals surface area (Å²) in [6.45, 7) is 1.61. The summed E-state index contributed by atoms with van der Waals surface area (Å²) in [5.74, 6) is -0.113. The number of nitrogens with one attached hydrogen (secondary N) is 1. The molecule has 0 radical (unpaired) electrons. The highest BCUT2D eigenvalue weighted by Crippen LogP contribution is 2.12. The Labute approximate surface area is 65.5 Å². The number of hydrogen-bond acceptors (Lipinski definition) is 4. The van der Waals surface area contributed by atoms with Crippen LogP contribution in [0.15, 0.2) is 0 Å². The molecule has 1 aliphatic rings. The maximum Gasteiger partial charge on any atom is 0.308 e. The normalized spacial score (nSPS) is 20.5. The molecule has 0 aromatic carbocycles. The first-order chi connectivity index (χ1) is 5.24. The van der Waals surface area contributed by atoms with Crippen LogP contribution in [0.1, 0.15) is 6.42 Å². The monoisotopic (exact) mass is 159 g/mol. The molecule has 2 N–H and O–H groups in total. The molecule has 1 atom stereocenters. The van der Waals surface area contributed by atoms with E-state index in [0.717, 1.165) is 13.1 Å². The molecule has 1 saturated heterocycles. The zero-order valence-corrected chi connectivity index (χ0v) is 6.54. The molecule has 0 amide bonds. The molecule has 1 aliphatic heterocycles. The fraction of sp³-hybridized carbons (Fsp3) is 0.857. The van der Waals surface area contributed by atoms with Gasteiger partial charge in [-0.3, -0.25) is 4.79 Å². The number of carbonyl (C=O) groups excluding carboxylic acids is 1. The Morgan fingerprint density at radius 2 is 2.45 bits per heavy atom. The van der Waals surface area contributed by atoms with Crippen molar-refractivity contribution in [1.29, 1.82) is 0 Å². The van der Waals surface area contributed by atoms with Gasteiger partial charge in [-0.05, 0) is 0 Å². The Balaban J connectivity index is 2.19. The lowest BCUT2D eigenvalue weighted by Gasteiger charge is -2.30. The second-order valence-electron chi connectivity index (χ2n) is 2.77. The number of ether oxygens (including phenoxy) is 1. The summed E-state index contributed by atoms with van der Waals surface area (Å²) in [5, 5.41) is 12.4. The summed E-state index contributed by atoms with van der Waals surface area (Å²) >= 11 is 0. The van der Waals surface area contributed by atoms with Crippen molar-refractivity contribution < 1.29 is 14.6 Å². The van der Waals surface area contributed by atoms with E-state index in [0.29, 0.717) is 0 Å². The van der Waals surface area contributed by atoms with Gasteiger partial charge in [0.25, 0.3) is 0 Å². The van der Waals surface area contributed by atoms with Crippen LogP contribution in [0, 0.1) is 5.92 Å². The molecule has 1 rings (SSSR count). The molecule has 0 bridgehead atoms. The van der Waals surface area contributed by atoms with Crippen molar-refractivity contribution in [2.24, 2.45) is 5.92 Å². The number of methoxy groups -OCH3 is 1. The van der Waals surface area contributed by atoms with Crippen molar-refractivity contribution in [3.8, 4) is 0 Å². The molecule has 1 fully saturated rings. The molecule has 1 heterocycles. The molecule has 64 valence electrons. The van der Waals surface area contributed by atoms with Crippen LogP contribution in [0.5, 0.6) is 0 Å². The van der Waals surface area contributed by atoms with E-state index in [9.17, 15) is 9.90 Å². The van der Waals surface area contributed by atoms with Gasteiger partial charge in [0.2, 0.25) is 0 Å². The van der Waals surface area contributed by atoms with Crippen molar-refractivity contribution in [2.75, 3.05) is 20.2 Å². The summed E-state index contributed by atoms with van der Waals surface area (Å²) in [4.78, 5) is 10.7. The number of esters is 1. The quantitative estimate of drug-likeness (QED) is 0.525. The summed E-state index contributed by atoms with van der Waals surface area (Å²) in [5.41, 5.74) is 0. The van der Waals surface area contributed by atoms with Gasteiger partial charge in [0.15, 0.2) is 0 Å². The van der Waals surface area contributed by atoms with Gasteiger partial charge in [-0.1, -0.05) is 0 Å². The van der Waals surface area contributed by atoms with Gasteiger partial charge in [0.1, 0.15) is 0 Å². The van der Waals surface area contributed by atoms with Crippen LogP contribution in [0.2, 0.25) is 0 Å². The van der Waals surface area contributed by atoms with E-state index >= 15 is 0 Å². The standard InChI is InChI=1S/C7H13NO3/c1-11-7(10)2-6(9)5-3-8-4-5/h5-6,8-9H,2-4H2,1H3. The van der Waals surface area contributed by atoms with E-state index in [1.807, 2.05) is 0 Å². The minimum atomic E-state index is -0.538. The lowest BCUT2D eigenvalue weighted by Crippen LogP contribution is -2.49. The van der Waals surface area contributed by atoms with Gasteiger partial charge in [-0.25, -0.2) is 0 Å². The molecular formula is C7H13NO3. The Hall–Kier alpha value is -0.610. The molecule has 0 aromatic rings. The van der Waals surface area contributed by atoms with Gasteiger partial charge in [-0.15, -0.1) is 0 Å². The smallest absolute Gasteiger partial charge is 0.308 e. The molecular weight excluding hydrogens is 146 g/mol. The predicted molar refractivity (Wildman–Crippen MR) is 39.0 cm³/mol. The summed E-state index contributed by atoms with van der Waals surface area (Å²) in [6, 6.07) is 0. The van der Waals surface area contributed by atoms with Crippen molar-refractivity contribution in [3.05, 3.63) is 0 Å². The molecule has 0 aliphatic carbocycles. The van der Waals surface area contributed by atoms with Crippen LogP contribution in [0.3, 0.4) is 0 Å². The number of carbonyl (C=O) groups is 1. The largest absolute Gasteiger partial charge is 0.469 e. The number of aliphatic hydroxyl groups is 1. The van der Waals surface area contributed by atoms with Gasteiger partial charge in [0.05, 0.1) is 19.6 Å². The average molecular weight is 159 g/mol. The van der Waals surface area contributed by atoms with E-state index in [1.54, 1.807) is 0 Å². The molecule has 4 heteroatoms. The Kier molecular flexibility index (Phi) is 2.84. The zero-order chi connectivity index (χ0) is 8.27. The minimum Gasteiger partial charge on any atom is -0.469 e. The summed E-state index contributed by atoms with van der Waals surface area (Å²) < 4.78 is 4.42. The molecule has 1 unspecified atom stereocenters. The Morgan fingerprint density at radius 3 is 2.82 bits per heavy atom. The van der Waals surface area contributed by atoms with Crippen LogP contribution in [0.4, 0.5) is 0 Å². The maximum atomic E-state index is 10.7. The molecule has 0 aromatic heterocycles. The van der Waals surface area contributed by atoms with Crippen LogP contribution < -0.4 is 5.32 Å². The fourth-order valence-electron chi connectivity index (χ4n) is 1.00. The molecule has 0 spiro atoms. The SMILES string of the molecule is COC(=O)CC(O)C1CNC1. The number of rotatable bonds is 3. The minimum absolute atomic E-state index is 0.114. The Bertz CT molecular complexity index is 145. The number of hydrogen-bond donors (Lipinski definition) is 2.